The lowest BCUT2D eigenvalue weighted by atomic mass is 9.99. The van der Waals surface area contributed by atoms with Crippen LogP contribution in [0.3, 0.4) is 0 Å². The average Bonchev–Trinajstić information content (AvgIpc) is 3.00. The van der Waals surface area contributed by atoms with Gasteiger partial charge < -0.3 is 15.5 Å². The molecule has 1 aliphatic rings. The molecule has 3 heterocycles. The number of fused-ring (bicyclic) bond motifs is 1. The summed E-state index contributed by atoms with van der Waals surface area (Å²) < 4.78 is 26.0. The van der Waals surface area contributed by atoms with Crippen LogP contribution in [0.1, 0.15) is 25.1 Å². The first-order chi connectivity index (χ1) is 12.8. The van der Waals surface area contributed by atoms with Gasteiger partial charge in [0.1, 0.15) is 18.3 Å². The van der Waals surface area contributed by atoms with E-state index in [2.05, 4.69) is 25.7 Å². The van der Waals surface area contributed by atoms with Crippen molar-refractivity contribution in [1.82, 2.24) is 19.7 Å². The summed E-state index contributed by atoms with van der Waals surface area (Å²) in [6.45, 7) is 5.68. The van der Waals surface area contributed by atoms with Crippen LogP contribution >= 0.6 is 0 Å². The molecule has 2 N–H and O–H groups in total. The van der Waals surface area contributed by atoms with Gasteiger partial charge in [-0.2, -0.15) is 10.1 Å². The second-order valence-electron chi connectivity index (χ2n) is 6.94. The Morgan fingerprint density at radius 3 is 2.74 bits per heavy atom. The summed E-state index contributed by atoms with van der Waals surface area (Å²) in [4.78, 5) is 23.1. The van der Waals surface area contributed by atoms with E-state index in [0.29, 0.717) is 29.7 Å². The molecule has 0 aromatic carbocycles. The van der Waals surface area contributed by atoms with Crippen LogP contribution in [0.5, 0.6) is 0 Å². The van der Waals surface area contributed by atoms with Crippen molar-refractivity contribution in [2.75, 3.05) is 22.6 Å². The number of nitrogens with one attached hydrogen (secondary N) is 2. The molecule has 2 aromatic heterocycles. The Balaban J connectivity index is 1.77. The highest BCUT2D eigenvalue weighted by Crippen LogP contribution is 2.34. The lowest BCUT2D eigenvalue weighted by molar-refractivity contribution is -0.118. The zero-order chi connectivity index (χ0) is 19.7. The highest BCUT2D eigenvalue weighted by Gasteiger charge is 2.35. The average molecular weight is 379 g/mol. The minimum absolute atomic E-state index is 0.0705. The molecule has 10 heteroatoms. The fourth-order valence-electron chi connectivity index (χ4n) is 3.21. The molecule has 0 radical (unpaired) electrons. The number of hydrogen-bond acceptors (Lipinski definition) is 6. The lowest BCUT2D eigenvalue weighted by Crippen LogP contribution is -2.49. The predicted molar refractivity (Wildman–Crippen MR) is 98.0 cm³/mol. The van der Waals surface area contributed by atoms with E-state index >= 15 is 0 Å². The number of carbonyl (C=O) groups is 1. The van der Waals surface area contributed by atoms with Crippen LogP contribution in [0, 0.1) is 12.8 Å². The molecule has 1 aliphatic heterocycles. The monoisotopic (exact) mass is 379 g/mol. The largest absolute Gasteiger partial charge is 0.350 e. The third-order valence-corrected chi connectivity index (χ3v) is 4.43. The highest BCUT2D eigenvalue weighted by atomic mass is 19.3. The molecule has 1 unspecified atom stereocenters. The maximum Gasteiger partial charge on any atom is 0.257 e. The van der Waals surface area contributed by atoms with E-state index in [1.165, 1.54) is 10.9 Å². The van der Waals surface area contributed by atoms with Gasteiger partial charge >= 0.3 is 0 Å². The second kappa shape index (κ2) is 7.45. The Morgan fingerprint density at radius 1 is 1.33 bits per heavy atom. The number of alkyl halides is 2. The maximum atomic E-state index is 12.4. The van der Waals surface area contributed by atoms with E-state index in [-0.39, 0.29) is 17.9 Å². The van der Waals surface area contributed by atoms with E-state index in [9.17, 15) is 13.6 Å². The van der Waals surface area contributed by atoms with Crippen LogP contribution in [0.25, 0.3) is 0 Å². The van der Waals surface area contributed by atoms with Crippen molar-refractivity contribution in [1.29, 1.82) is 0 Å². The molecule has 0 fully saturated rings. The van der Waals surface area contributed by atoms with Crippen LogP contribution < -0.4 is 15.5 Å². The van der Waals surface area contributed by atoms with Gasteiger partial charge in [0.15, 0.2) is 5.82 Å². The molecule has 8 nitrogen and oxygen atoms in total. The van der Waals surface area contributed by atoms with E-state index in [4.69, 9.17) is 0 Å². The molecule has 27 heavy (non-hydrogen) atoms. The number of likely N-dealkylation sites (N-methyl/N-ethyl adjacent to an activating group) is 1. The van der Waals surface area contributed by atoms with Crippen LogP contribution in [-0.2, 0) is 17.9 Å². The number of halogens is 2. The maximum absolute atomic E-state index is 12.4. The zero-order valence-corrected chi connectivity index (χ0v) is 15.7. The SMILES string of the molecule is Cc1nc(NCc2cnn(CC(F)F)c2)nc2c1NC(=O)C(C(C)C)N2C. The van der Waals surface area contributed by atoms with Crippen molar-refractivity contribution in [3.05, 3.63) is 23.7 Å². The highest BCUT2D eigenvalue weighted by molar-refractivity contribution is 6.03. The summed E-state index contributed by atoms with van der Waals surface area (Å²) >= 11 is 0. The van der Waals surface area contributed by atoms with Crippen molar-refractivity contribution < 1.29 is 13.6 Å². The molecule has 1 amide bonds. The second-order valence-corrected chi connectivity index (χ2v) is 6.94. The van der Waals surface area contributed by atoms with Crippen molar-refractivity contribution in [2.24, 2.45) is 5.92 Å². The van der Waals surface area contributed by atoms with Gasteiger partial charge in [0.2, 0.25) is 11.9 Å². The molecular formula is C17H23F2N7O. The van der Waals surface area contributed by atoms with Crippen molar-refractivity contribution >= 4 is 23.4 Å². The van der Waals surface area contributed by atoms with Gasteiger partial charge in [0.05, 0.1) is 11.9 Å². The third kappa shape index (κ3) is 3.99. The van der Waals surface area contributed by atoms with Crippen molar-refractivity contribution in [2.45, 2.75) is 46.3 Å². The molecule has 0 spiro atoms. The van der Waals surface area contributed by atoms with E-state index in [1.54, 1.807) is 13.1 Å². The van der Waals surface area contributed by atoms with Gasteiger partial charge in [-0.05, 0) is 12.8 Å². The molecule has 0 saturated carbocycles. The lowest BCUT2D eigenvalue weighted by Gasteiger charge is -2.36. The van der Waals surface area contributed by atoms with Gasteiger partial charge in [0, 0.05) is 25.4 Å². The van der Waals surface area contributed by atoms with Gasteiger partial charge in [-0.15, -0.1) is 0 Å². The number of amides is 1. The van der Waals surface area contributed by atoms with Crippen molar-refractivity contribution in [3.63, 3.8) is 0 Å². The Kier molecular flexibility index (Phi) is 5.24. The fraction of sp³-hybridized carbons (Fsp3) is 0.529. The fourth-order valence-corrected chi connectivity index (χ4v) is 3.21. The summed E-state index contributed by atoms with van der Waals surface area (Å²) in [7, 11) is 1.84. The Morgan fingerprint density at radius 2 is 2.07 bits per heavy atom. The quantitative estimate of drug-likeness (QED) is 0.801. The van der Waals surface area contributed by atoms with Gasteiger partial charge in [-0.1, -0.05) is 13.8 Å². The van der Waals surface area contributed by atoms with Crippen LogP contribution in [-0.4, -0.2) is 45.2 Å². The number of carbonyl (C=O) groups excluding carboxylic acids is 1. The van der Waals surface area contributed by atoms with Gasteiger partial charge in [-0.3, -0.25) is 9.48 Å². The van der Waals surface area contributed by atoms with Gasteiger partial charge in [-0.25, -0.2) is 13.8 Å². The first-order valence-corrected chi connectivity index (χ1v) is 8.72. The van der Waals surface area contributed by atoms with Crippen LogP contribution in [0.15, 0.2) is 12.4 Å². The Bertz CT molecular complexity index is 837. The summed E-state index contributed by atoms with van der Waals surface area (Å²) in [5, 5.41) is 9.89. The number of hydrogen-bond donors (Lipinski definition) is 2. The molecular weight excluding hydrogens is 356 g/mol. The minimum atomic E-state index is -2.45. The molecule has 1 atom stereocenters. The zero-order valence-electron chi connectivity index (χ0n) is 15.7. The molecule has 0 bridgehead atoms. The number of rotatable bonds is 6. The first-order valence-electron chi connectivity index (χ1n) is 8.72. The topological polar surface area (TPSA) is 88.0 Å². The van der Waals surface area contributed by atoms with Crippen molar-refractivity contribution in [3.8, 4) is 0 Å². The van der Waals surface area contributed by atoms with E-state index in [0.717, 1.165) is 5.56 Å². The standard InChI is InChI=1S/C17H23F2N7O/c1-9(2)14-16(27)23-13-10(3)22-17(24-15(13)25(14)4)20-5-11-6-21-26(7-11)8-12(18)19/h6-7,9,12,14H,5,8H2,1-4H3,(H,23,27)(H,20,22,24). The van der Waals surface area contributed by atoms with Crippen LogP contribution in [0.2, 0.25) is 0 Å². The Hall–Kier alpha value is -2.78. The smallest absolute Gasteiger partial charge is 0.257 e. The van der Waals surface area contributed by atoms with E-state index < -0.39 is 13.0 Å². The summed E-state index contributed by atoms with van der Waals surface area (Å²) in [5.74, 6) is 1.10. The molecule has 0 saturated heterocycles. The number of anilines is 3. The normalized spacial score (nSPS) is 16.7. The molecule has 3 rings (SSSR count). The number of aromatic nitrogens is 4. The van der Waals surface area contributed by atoms with Crippen LogP contribution in [0.4, 0.5) is 26.2 Å². The first kappa shape index (κ1) is 19.0. The third-order valence-electron chi connectivity index (χ3n) is 4.43. The molecule has 0 aliphatic carbocycles. The minimum Gasteiger partial charge on any atom is -0.350 e. The number of nitrogens with zero attached hydrogens (tertiary/aromatic N) is 5. The van der Waals surface area contributed by atoms with Gasteiger partial charge in [0.25, 0.3) is 6.43 Å². The molecule has 2 aromatic rings. The predicted octanol–water partition coefficient (Wildman–Crippen LogP) is 2.27. The van der Waals surface area contributed by atoms with E-state index in [1.807, 2.05) is 25.8 Å². The molecule has 146 valence electrons. The summed E-state index contributed by atoms with van der Waals surface area (Å²) in [6, 6.07) is -0.313. The number of aryl methyl sites for hydroxylation is 1. The summed E-state index contributed by atoms with van der Waals surface area (Å²) in [6.07, 6.45) is 0.643. The summed E-state index contributed by atoms with van der Waals surface area (Å²) in [5.41, 5.74) is 2.00. The Labute approximate surface area is 156 Å².